The minimum atomic E-state index is -0.322. The second kappa shape index (κ2) is 4.88. The fraction of sp³-hybridized carbons (Fsp3) is 0.417. The number of amides is 1. The van der Waals surface area contributed by atoms with Crippen molar-refractivity contribution in [1.29, 1.82) is 0 Å². The highest BCUT2D eigenvalue weighted by Crippen LogP contribution is 2.12. The highest BCUT2D eigenvalue weighted by atomic mass is 16.3. The fourth-order valence-electron chi connectivity index (χ4n) is 1.86. The number of hydrogen-bond donors (Lipinski definition) is 3. The average molecular weight is 220 g/mol. The van der Waals surface area contributed by atoms with E-state index in [4.69, 9.17) is 0 Å². The number of rotatable bonds is 2. The van der Waals surface area contributed by atoms with Crippen LogP contribution >= 0.6 is 0 Å². The van der Waals surface area contributed by atoms with E-state index in [2.05, 4.69) is 10.6 Å². The molecule has 1 fully saturated rings. The van der Waals surface area contributed by atoms with Gasteiger partial charge in [0.15, 0.2) is 5.88 Å². The van der Waals surface area contributed by atoms with Crippen molar-refractivity contribution in [2.24, 2.45) is 0 Å². The molecule has 3 N–H and O–H groups in total. The van der Waals surface area contributed by atoms with Crippen LogP contribution in [0.4, 0.5) is 0 Å². The zero-order chi connectivity index (χ0) is 11.4. The van der Waals surface area contributed by atoms with Gasteiger partial charge < -0.3 is 15.7 Å². The number of allylic oxidation sites excluding steroid dienone is 5. The van der Waals surface area contributed by atoms with E-state index in [1.165, 1.54) is 0 Å². The maximum absolute atomic E-state index is 11.6. The Morgan fingerprint density at radius 1 is 1.38 bits per heavy atom. The molecule has 0 aromatic carbocycles. The van der Waals surface area contributed by atoms with E-state index in [9.17, 15) is 9.90 Å². The quantitative estimate of drug-likeness (QED) is 0.611. The molecule has 1 atom stereocenters. The molecule has 4 nitrogen and oxygen atoms in total. The molecule has 86 valence electrons. The summed E-state index contributed by atoms with van der Waals surface area (Å²) in [6, 6.07) is -0.322. The molecule has 0 bridgehead atoms. The van der Waals surface area contributed by atoms with Crippen LogP contribution in [0.3, 0.4) is 0 Å². The molecule has 1 heterocycles. The van der Waals surface area contributed by atoms with Gasteiger partial charge in [-0.2, -0.15) is 0 Å². The van der Waals surface area contributed by atoms with Crippen LogP contribution in [0, 0.1) is 0 Å². The zero-order valence-electron chi connectivity index (χ0n) is 9.07. The lowest BCUT2D eigenvalue weighted by molar-refractivity contribution is -0.122. The van der Waals surface area contributed by atoms with Gasteiger partial charge in [-0.1, -0.05) is 12.2 Å². The molecule has 1 aliphatic carbocycles. The van der Waals surface area contributed by atoms with Gasteiger partial charge in [0.05, 0.1) is 0 Å². The minimum Gasteiger partial charge on any atom is -0.494 e. The van der Waals surface area contributed by atoms with Crippen molar-refractivity contribution in [2.45, 2.75) is 25.3 Å². The normalized spacial score (nSPS) is 24.1. The largest absolute Gasteiger partial charge is 0.494 e. The van der Waals surface area contributed by atoms with Crippen molar-refractivity contribution in [2.75, 3.05) is 6.54 Å². The van der Waals surface area contributed by atoms with Crippen LogP contribution in [0.2, 0.25) is 0 Å². The van der Waals surface area contributed by atoms with E-state index >= 15 is 0 Å². The van der Waals surface area contributed by atoms with Gasteiger partial charge in [-0.15, -0.1) is 0 Å². The number of carbonyl (C=O) groups excluding carboxylic acids is 1. The summed E-state index contributed by atoms with van der Waals surface area (Å²) in [6.07, 6.45) is 10.1. The fourth-order valence-corrected chi connectivity index (χ4v) is 1.86. The molecule has 2 rings (SSSR count). The Kier molecular flexibility index (Phi) is 3.29. The Hall–Kier alpha value is -1.71. The van der Waals surface area contributed by atoms with Gasteiger partial charge in [-0.25, -0.2) is 0 Å². The third-order valence-electron chi connectivity index (χ3n) is 2.78. The summed E-state index contributed by atoms with van der Waals surface area (Å²) in [7, 11) is 0. The van der Waals surface area contributed by atoms with Crippen LogP contribution in [-0.4, -0.2) is 23.6 Å². The maximum atomic E-state index is 11.6. The van der Waals surface area contributed by atoms with Gasteiger partial charge in [-0.3, -0.25) is 4.79 Å². The molecule has 16 heavy (non-hydrogen) atoms. The van der Waals surface area contributed by atoms with Crippen LogP contribution < -0.4 is 10.6 Å². The van der Waals surface area contributed by atoms with Crippen molar-refractivity contribution in [3.63, 3.8) is 0 Å². The summed E-state index contributed by atoms with van der Waals surface area (Å²) in [5.74, 6) is 0.0441. The summed E-state index contributed by atoms with van der Waals surface area (Å²) in [5.41, 5.74) is 0.719. The molecular weight excluding hydrogens is 204 g/mol. The van der Waals surface area contributed by atoms with Gasteiger partial charge in [0.25, 0.3) is 0 Å². The summed E-state index contributed by atoms with van der Waals surface area (Å²) in [6.45, 7) is 0.730. The van der Waals surface area contributed by atoms with Gasteiger partial charge in [0.1, 0.15) is 6.04 Å². The molecule has 0 aromatic rings. The van der Waals surface area contributed by atoms with Crippen molar-refractivity contribution < 1.29 is 9.90 Å². The predicted molar refractivity (Wildman–Crippen MR) is 61.7 cm³/mol. The first-order valence-electron chi connectivity index (χ1n) is 5.59. The smallest absolute Gasteiger partial charge is 0.242 e. The Morgan fingerprint density at radius 3 is 2.88 bits per heavy atom. The molecule has 0 aromatic heterocycles. The standard InChI is InChI=1S/C12H16N2O2/c15-11(9-5-1-2-6-9)14-10-7-3-4-8-13-12(10)16/h1-2,5-6,10,14-15H,3-4,7-8H2,(H,13,16). The molecule has 1 unspecified atom stereocenters. The van der Waals surface area contributed by atoms with E-state index in [1.807, 2.05) is 12.2 Å². The number of aliphatic hydroxyl groups excluding tert-OH is 1. The number of nitrogens with one attached hydrogen (secondary N) is 2. The number of carbonyl (C=O) groups is 1. The molecule has 1 amide bonds. The van der Waals surface area contributed by atoms with Gasteiger partial charge in [-0.05, 0) is 31.4 Å². The Bertz CT molecular complexity index is 355. The minimum absolute atomic E-state index is 0.0318. The summed E-state index contributed by atoms with van der Waals surface area (Å²) in [4.78, 5) is 11.6. The summed E-state index contributed by atoms with van der Waals surface area (Å²) in [5, 5.41) is 15.5. The van der Waals surface area contributed by atoms with Crippen LogP contribution in [0.5, 0.6) is 0 Å². The molecule has 0 spiro atoms. The Balaban J connectivity index is 2.02. The van der Waals surface area contributed by atoms with E-state index in [1.54, 1.807) is 12.2 Å². The van der Waals surface area contributed by atoms with Crippen LogP contribution in [0.1, 0.15) is 19.3 Å². The van der Waals surface area contributed by atoms with Crippen molar-refractivity contribution >= 4 is 5.91 Å². The van der Waals surface area contributed by atoms with Crippen molar-refractivity contribution in [3.8, 4) is 0 Å². The molecule has 0 radical (unpaired) electrons. The molecular formula is C12H16N2O2. The first-order chi connectivity index (χ1) is 7.77. The first kappa shape index (κ1) is 10.8. The predicted octanol–water partition coefficient (Wildman–Crippen LogP) is 1.14. The van der Waals surface area contributed by atoms with Gasteiger partial charge in [0.2, 0.25) is 5.91 Å². The highest BCUT2D eigenvalue weighted by Gasteiger charge is 2.21. The second-order valence-corrected chi connectivity index (χ2v) is 4.01. The van der Waals surface area contributed by atoms with E-state index in [-0.39, 0.29) is 17.8 Å². The maximum Gasteiger partial charge on any atom is 0.242 e. The monoisotopic (exact) mass is 220 g/mol. The Labute approximate surface area is 94.7 Å². The third-order valence-corrected chi connectivity index (χ3v) is 2.78. The van der Waals surface area contributed by atoms with Crippen molar-refractivity contribution in [1.82, 2.24) is 10.6 Å². The van der Waals surface area contributed by atoms with Crippen LogP contribution in [-0.2, 0) is 4.79 Å². The van der Waals surface area contributed by atoms with Crippen LogP contribution in [0.15, 0.2) is 35.8 Å². The lowest BCUT2D eigenvalue weighted by Crippen LogP contribution is -2.42. The van der Waals surface area contributed by atoms with E-state index < -0.39 is 0 Å². The van der Waals surface area contributed by atoms with Crippen LogP contribution in [0.25, 0.3) is 0 Å². The van der Waals surface area contributed by atoms with E-state index in [0.29, 0.717) is 0 Å². The number of hydrogen-bond acceptors (Lipinski definition) is 3. The topological polar surface area (TPSA) is 61.4 Å². The first-order valence-corrected chi connectivity index (χ1v) is 5.59. The number of aliphatic hydroxyl groups is 1. The third kappa shape index (κ3) is 2.45. The Morgan fingerprint density at radius 2 is 2.12 bits per heavy atom. The molecule has 0 saturated carbocycles. The summed E-state index contributed by atoms with van der Waals surface area (Å²) < 4.78 is 0. The SMILES string of the molecule is O=C1NCCCCC1NC(O)=C1C=CC=C1. The second-order valence-electron chi connectivity index (χ2n) is 4.01. The lowest BCUT2D eigenvalue weighted by atomic mass is 10.1. The summed E-state index contributed by atoms with van der Waals surface area (Å²) >= 11 is 0. The lowest BCUT2D eigenvalue weighted by Gasteiger charge is -2.16. The van der Waals surface area contributed by atoms with Gasteiger partial charge >= 0.3 is 0 Å². The zero-order valence-corrected chi connectivity index (χ0v) is 9.07. The molecule has 1 aliphatic heterocycles. The van der Waals surface area contributed by atoms with Gasteiger partial charge in [0, 0.05) is 12.1 Å². The average Bonchev–Trinajstić information content (AvgIpc) is 2.73. The highest BCUT2D eigenvalue weighted by molar-refractivity contribution is 5.82. The molecule has 1 saturated heterocycles. The molecule has 4 heteroatoms. The molecule has 2 aliphatic rings. The van der Waals surface area contributed by atoms with E-state index in [0.717, 1.165) is 31.4 Å². The van der Waals surface area contributed by atoms with Crippen molar-refractivity contribution in [3.05, 3.63) is 35.8 Å².